The number of likely N-dealkylation sites (N-methyl/N-ethyl adjacent to an activating group) is 1. The molecule has 0 saturated carbocycles. The molecule has 2 rings (SSSR count). The fourth-order valence-corrected chi connectivity index (χ4v) is 2.01. The van der Waals surface area contributed by atoms with Crippen LogP contribution in [0, 0.1) is 0 Å². The van der Waals surface area contributed by atoms with Crippen molar-refractivity contribution >= 4 is 28.9 Å². The molecule has 0 radical (unpaired) electrons. The molecule has 24 heavy (non-hydrogen) atoms. The summed E-state index contributed by atoms with van der Waals surface area (Å²) >= 11 is 6.08. The molecule has 0 spiro atoms. The Balaban J connectivity index is 1.98. The number of carbonyl (C=O) groups is 1. The number of nitrogens with zero attached hydrogens (tertiary/aromatic N) is 2. The van der Waals surface area contributed by atoms with Gasteiger partial charge in [0.15, 0.2) is 6.61 Å². The maximum Gasteiger partial charge on any atom is 0.259 e. The standard InChI is InChI=1S/C18H20ClN3O2/c1-13(20-21-17-7-5-4-6-16(17)19)14-8-10-15(11-9-14)24-12-18(23)22(2)3/h4-11,21H,12H2,1-3H3/b20-13+. The van der Waals surface area contributed by atoms with Gasteiger partial charge < -0.3 is 9.64 Å². The van der Waals surface area contributed by atoms with Crippen LogP contribution in [0.2, 0.25) is 5.02 Å². The molecule has 0 fully saturated rings. The van der Waals surface area contributed by atoms with Crippen molar-refractivity contribution in [2.45, 2.75) is 6.92 Å². The monoisotopic (exact) mass is 345 g/mol. The van der Waals surface area contributed by atoms with Crippen LogP contribution in [0.5, 0.6) is 5.75 Å². The number of hydrogen-bond acceptors (Lipinski definition) is 4. The minimum absolute atomic E-state index is 0.0213. The van der Waals surface area contributed by atoms with Gasteiger partial charge in [-0.25, -0.2) is 0 Å². The van der Waals surface area contributed by atoms with Gasteiger partial charge in [0.05, 0.1) is 16.4 Å². The van der Waals surface area contributed by atoms with Gasteiger partial charge in [0.25, 0.3) is 5.91 Å². The zero-order chi connectivity index (χ0) is 17.5. The SMILES string of the molecule is C/C(=N\Nc1ccccc1Cl)c1ccc(OCC(=O)N(C)C)cc1. The maximum absolute atomic E-state index is 11.5. The number of nitrogens with one attached hydrogen (secondary N) is 1. The van der Waals surface area contributed by atoms with Gasteiger partial charge in [0, 0.05) is 14.1 Å². The van der Waals surface area contributed by atoms with Gasteiger partial charge in [0.1, 0.15) is 5.75 Å². The van der Waals surface area contributed by atoms with E-state index in [2.05, 4.69) is 10.5 Å². The third-order valence-electron chi connectivity index (χ3n) is 3.35. The molecular weight excluding hydrogens is 326 g/mol. The predicted molar refractivity (Wildman–Crippen MR) is 97.9 cm³/mol. The van der Waals surface area contributed by atoms with E-state index < -0.39 is 0 Å². The second-order valence-corrected chi connectivity index (χ2v) is 5.80. The summed E-state index contributed by atoms with van der Waals surface area (Å²) in [6.45, 7) is 1.92. The number of hydrogen-bond donors (Lipinski definition) is 1. The zero-order valence-electron chi connectivity index (χ0n) is 13.9. The van der Waals surface area contributed by atoms with Crippen LogP contribution >= 0.6 is 11.6 Å². The Kier molecular flexibility index (Phi) is 6.21. The highest BCUT2D eigenvalue weighted by atomic mass is 35.5. The topological polar surface area (TPSA) is 53.9 Å². The minimum atomic E-state index is -0.0826. The summed E-state index contributed by atoms with van der Waals surface area (Å²) in [7, 11) is 3.39. The van der Waals surface area contributed by atoms with Crippen LogP contribution in [0.4, 0.5) is 5.69 Å². The summed E-state index contributed by atoms with van der Waals surface area (Å²) in [5.41, 5.74) is 5.46. The van der Waals surface area contributed by atoms with E-state index in [0.29, 0.717) is 10.8 Å². The summed E-state index contributed by atoms with van der Waals surface area (Å²) in [6, 6.07) is 14.8. The van der Waals surface area contributed by atoms with Gasteiger partial charge >= 0.3 is 0 Å². The molecule has 1 amide bonds. The molecule has 1 N–H and O–H groups in total. The molecular formula is C18H20ClN3O2. The molecule has 2 aromatic rings. The third kappa shape index (κ3) is 4.99. The van der Waals surface area contributed by atoms with E-state index in [0.717, 1.165) is 17.0 Å². The van der Waals surface area contributed by atoms with E-state index in [4.69, 9.17) is 16.3 Å². The highest BCUT2D eigenvalue weighted by Crippen LogP contribution is 2.20. The van der Waals surface area contributed by atoms with Gasteiger partial charge in [0.2, 0.25) is 0 Å². The number of carbonyl (C=O) groups excluding carboxylic acids is 1. The number of ether oxygens (including phenoxy) is 1. The first-order chi connectivity index (χ1) is 11.5. The van der Waals surface area contributed by atoms with Crippen molar-refractivity contribution in [3.05, 3.63) is 59.1 Å². The Morgan fingerprint density at radius 1 is 1.17 bits per heavy atom. The van der Waals surface area contributed by atoms with Crippen molar-refractivity contribution in [1.29, 1.82) is 0 Å². The lowest BCUT2D eigenvalue weighted by atomic mass is 10.1. The highest BCUT2D eigenvalue weighted by molar-refractivity contribution is 6.33. The Morgan fingerprint density at radius 2 is 1.83 bits per heavy atom. The molecule has 0 bridgehead atoms. The average Bonchev–Trinajstić information content (AvgIpc) is 2.59. The predicted octanol–water partition coefficient (Wildman–Crippen LogP) is 3.64. The average molecular weight is 346 g/mol. The second-order valence-electron chi connectivity index (χ2n) is 5.39. The molecule has 126 valence electrons. The summed E-state index contributed by atoms with van der Waals surface area (Å²) < 4.78 is 5.44. The Bertz CT molecular complexity index is 727. The first kappa shape index (κ1) is 17.8. The molecule has 0 saturated heterocycles. The van der Waals surface area contributed by atoms with Gasteiger partial charge in [-0.2, -0.15) is 5.10 Å². The number of rotatable bonds is 6. The molecule has 0 aliphatic heterocycles. The molecule has 5 nitrogen and oxygen atoms in total. The van der Waals surface area contributed by atoms with E-state index in [1.807, 2.05) is 49.4 Å². The van der Waals surface area contributed by atoms with Gasteiger partial charge in [-0.15, -0.1) is 0 Å². The smallest absolute Gasteiger partial charge is 0.259 e. The van der Waals surface area contributed by atoms with E-state index in [-0.39, 0.29) is 12.5 Å². The van der Waals surface area contributed by atoms with Crippen LogP contribution in [-0.4, -0.2) is 37.2 Å². The Morgan fingerprint density at radius 3 is 2.46 bits per heavy atom. The van der Waals surface area contributed by atoms with Crippen LogP contribution in [-0.2, 0) is 4.79 Å². The number of halogens is 1. The van der Waals surface area contributed by atoms with Crippen LogP contribution in [0.1, 0.15) is 12.5 Å². The van der Waals surface area contributed by atoms with Crippen molar-refractivity contribution in [1.82, 2.24) is 4.90 Å². The fourth-order valence-electron chi connectivity index (χ4n) is 1.83. The van der Waals surface area contributed by atoms with E-state index in [1.165, 1.54) is 4.90 Å². The molecule has 0 heterocycles. The molecule has 0 unspecified atom stereocenters. The largest absolute Gasteiger partial charge is 0.484 e. The molecule has 6 heteroatoms. The third-order valence-corrected chi connectivity index (χ3v) is 3.68. The fraction of sp³-hybridized carbons (Fsp3) is 0.222. The van der Waals surface area contributed by atoms with Crippen LogP contribution < -0.4 is 10.2 Å². The number of anilines is 1. The molecule has 0 atom stereocenters. The lowest BCUT2D eigenvalue weighted by Crippen LogP contribution is -2.27. The first-order valence-corrected chi connectivity index (χ1v) is 7.83. The number of benzene rings is 2. The van der Waals surface area contributed by atoms with Crippen LogP contribution in [0.3, 0.4) is 0 Å². The number of amides is 1. The van der Waals surface area contributed by atoms with Crippen molar-refractivity contribution in [2.24, 2.45) is 5.10 Å². The summed E-state index contributed by atoms with van der Waals surface area (Å²) in [6.07, 6.45) is 0. The quantitative estimate of drug-likeness (QED) is 0.642. The molecule has 2 aromatic carbocycles. The number of para-hydroxylation sites is 1. The summed E-state index contributed by atoms with van der Waals surface area (Å²) in [4.78, 5) is 13.0. The number of hydrazone groups is 1. The lowest BCUT2D eigenvalue weighted by molar-refractivity contribution is -0.130. The molecule has 0 aliphatic rings. The Labute approximate surface area is 146 Å². The van der Waals surface area contributed by atoms with Crippen LogP contribution in [0.15, 0.2) is 53.6 Å². The van der Waals surface area contributed by atoms with E-state index in [1.54, 1.807) is 20.2 Å². The van der Waals surface area contributed by atoms with E-state index in [9.17, 15) is 4.79 Å². The Hall–Kier alpha value is -2.53. The molecule has 0 aliphatic carbocycles. The van der Waals surface area contributed by atoms with Gasteiger partial charge in [-0.05, 0) is 48.9 Å². The van der Waals surface area contributed by atoms with Gasteiger partial charge in [-0.3, -0.25) is 10.2 Å². The highest BCUT2D eigenvalue weighted by Gasteiger charge is 2.05. The van der Waals surface area contributed by atoms with Crippen LogP contribution in [0.25, 0.3) is 0 Å². The van der Waals surface area contributed by atoms with E-state index >= 15 is 0 Å². The summed E-state index contributed by atoms with van der Waals surface area (Å²) in [5.74, 6) is 0.557. The first-order valence-electron chi connectivity index (χ1n) is 7.45. The second kappa shape index (κ2) is 8.36. The van der Waals surface area contributed by atoms with Crippen molar-refractivity contribution in [2.75, 3.05) is 26.1 Å². The minimum Gasteiger partial charge on any atom is -0.484 e. The normalized spacial score (nSPS) is 11.1. The van der Waals surface area contributed by atoms with Crippen molar-refractivity contribution in [3.8, 4) is 5.75 Å². The summed E-state index contributed by atoms with van der Waals surface area (Å²) in [5, 5.41) is 4.95. The zero-order valence-corrected chi connectivity index (χ0v) is 14.7. The lowest BCUT2D eigenvalue weighted by Gasteiger charge is -2.11. The van der Waals surface area contributed by atoms with Gasteiger partial charge in [-0.1, -0.05) is 23.7 Å². The van der Waals surface area contributed by atoms with Crippen molar-refractivity contribution < 1.29 is 9.53 Å². The van der Waals surface area contributed by atoms with Crippen molar-refractivity contribution in [3.63, 3.8) is 0 Å². The molecule has 0 aromatic heterocycles. The maximum atomic E-state index is 11.5.